The summed E-state index contributed by atoms with van der Waals surface area (Å²) in [4.78, 5) is 23.0. The molecule has 3 rings (SSSR count). The number of ether oxygens (including phenoxy) is 1. The predicted octanol–water partition coefficient (Wildman–Crippen LogP) is 7.56. The quantitative estimate of drug-likeness (QED) is 0.266. The molecule has 0 saturated heterocycles. The fraction of sp³-hybridized carbons (Fsp3) is 0.259. The first-order valence-electron chi connectivity index (χ1n) is 11.3. The highest BCUT2D eigenvalue weighted by Crippen LogP contribution is 2.40. The van der Waals surface area contributed by atoms with Gasteiger partial charge in [0.25, 0.3) is 5.91 Å². The van der Waals surface area contributed by atoms with Crippen molar-refractivity contribution in [2.45, 2.75) is 38.2 Å². The second-order valence-corrected chi connectivity index (χ2v) is 9.33. The lowest BCUT2D eigenvalue weighted by Gasteiger charge is -2.29. The normalized spacial score (nSPS) is 12.6. The summed E-state index contributed by atoms with van der Waals surface area (Å²) in [5, 5.41) is 12.9. The first-order chi connectivity index (χ1) is 16.8. The van der Waals surface area contributed by atoms with E-state index >= 15 is 0 Å². The van der Waals surface area contributed by atoms with Crippen LogP contribution in [0.25, 0.3) is 0 Å². The smallest absolute Gasteiger partial charge is 0.305 e. The lowest BCUT2D eigenvalue weighted by molar-refractivity contribution is -0.136. The van der Waals surface area contributed by atoms with E-state index in [1.165, 1.54) is 0 Å². The summed E-state index contributed by atoms with van der Waals surface area (Å²) in [6.07, 6.45) is 1.27. The molecule has 0 fully saturated rings. The lowest BCUT2D eigenvalue weighted by atomic mass is 9.85. The monoisotopic (exact) mass is 533 g/mol. The molecule has 0 heterocycles. The maximum absolute atomic E-state index is 12.4. The fourth-order valence-electron chi connectivity index (χ4n) is 3.80. The van der Waals surface area contributed by atoms with E-state index in [2.05, 4.69) is 12.2 Å². The SMILES string of the molecule is CCC[C@H](c1ccc(C(=O)NCCC(=O)O)cc1)[C@@H](Oc1ccc(Cl)c(Cl)c1)c1ccc(Cl)cc1. The number of rotatable bonds is 11. The maximum Gasteiger partial charge on any atom is 0.305 e. The fourth-order valence-corrected chi connectivity index (χ4v) is 4.22. The Balaban J connectivity index is 1.90. The topological polar surface area (TPSA) is 75.6 Å². The molecule has 0 saturated carbocycles. The van der Waals surface area contributed by atoms with E-state index in [1.54, 1.807) is 30.3 Å². The van der Waals surface area contributed by atoms with Crippen LogP contribution in [-0.2, 0) is 4.79 Å². The minimum absolute atomic E-state index is 0.0280. The number of benzene rings is 3. The van der Waals surface area contributed by atoms with E-state index in [0.717, 1.165) is 24.0 Å². The van der Waals surface area contributed by atoms with Gasteiger partial charge >= 0.3 is 5.97 Å². The zero-order valence-electron chi connectivity index (χ0n) is 19.1. The third-order valence-electron chi connectivity index (χ3n) is 5.54. The molecule has 2 N–H and O–H groups in total. The van der Waals surface area contributed by atoms with Crippen LogP contribution >= 0.6 is 34.8 Å². The molecule has 5 nitrogen and oxygen atoms in total. The zero-order valence-corrected chi connectivity index (χ0v) is 21.4. The lowest BCUT2D eigenvalue weighted by Crippen LogP contribution is -2.26. The van der Waals surface area contributed by atoms with Crippen molar-refractivity contribution in [1.82, 2.24) is 5.32 Å². The Morgan fingerprint density at radius 2 is 1.57 bits per heavy atom. The molecule has 2 atom stereocenters. The van der Waals surface area contributed by atoms with Crippen LogP contribution in [0.4, 0.5) is 0 Å². The largest absolute Gasteiger partial charge is 0.485 e. The molecule has 0 bridgehead atoms. The Bertz CT molecular complexity index is 1150. The van der Waals surface area contributed by atoms with Gasteiger partial charge in [-0.3, -0.25) is 9.59 Å². The standard InChI is InChI=1S/C27H26Cl3NO4/c1-2-3-22(17-4-6-19(7-5-17)27(34)31-15-14-25(32)33)26(18-8-10-20(28)11-9-18)35-21-12-13-23(29)24(30)16-21/h4-13,16,22,26H,2-3,14-15H2,1H3,(H,31,34)(H,32,33)/t22-,26+/m1/s1. The van der Waals surface area contributed by atoms with E-state index < -0.39 is 5.97 Å². The predicted molar refractivity (Wildman–Crippen MR) is 140 cm³/mol. The molecule has 184 valence electrons. The van der Waals surface area contributed by atoms with Crippen molar-refractivity contribution in [2.24, 2.45) is 0 Å². The highest BCUT2D eigenvalue weighted by Gasteiger charge is 2.27. The second kappa shape index (κ2) is 12.8. The Hall–Kier alpha value is -2.73. The second-order valence-electron chi connectivity index (χ2n) is 8.08. The summed E-state index contributed by atoms with van der Waals surface area (Å²) >= 11 is 18.4. The Morgan fingerprint density at radius 1 is 0.914 bits per heavy atom. The number of hydrogen-bond acceptors (Lipinski definition) is 3. The van der Waals surface area contributed by atoms with Gasteiger partial charge in [-0.15, -0.1) is 0 Å². The number of amides is 1. The molecule has 0 aliphatic carbocycles. The van der Waals surface area contributed by atoms with E-state index in [9.17, 15) is 9.59 Å². The molecule has 3 aromatic carbocycles. The summed E-state index contributed by atoms with van der Waals surface area (Å²) < 4.78 is 6.48. The van der Waals surface area contributed by atoms with Crippen molar-refractivity contribution in [3.8, 4) is 5.75 Å². The molecule has 3 aromatic rings. The molecule has 1 amide bonds. The number of hydrogen-bond donors (Lipinski definition) is 2. The number of halogens is 3. The van der Waals surface area contributed by atoms with E-state index in [1.807, 2.05) is 36.4 Å². The van der Waals surface area contributed by atoms with Crippen LogP contribution in [0.15, 0.2) is 66.7 Å². The minimum atomic E-state index is -0.960. The molecule has 0 aliphatic heterocycles. The van der Waals surface area contributed by atoms with Gasteiger partial charge in [-0.05, 0) is 53.9 Å². The van der Waals surface area contributed by atoms with Crippen molar-refractivity contribution in [1.29, 1.82) is 0 Å². The van der Waals surface area contributed by atoms with Crippen LogP contribution < -0.4 is 10.1 Å². The number of carboxylic acid groups (broad SMARTS) is 1. The van der Waals surface area contributed by atoms with Crippen LogP contribution in [0.2, 0.25) is 15.1 Å². The zero-order chi connectivity index (χ0) is 25.4. The highest BCUT2D eigenvalue weighted by molar-refractivity contribution is 6.42. The molecule has 0 aliphatic rings. The van der Waals surface area contributed by atoms with Gasteiger partial charge in [0, 0.05) is 29.1 Å². The van der Waals surface area contributed by atoms with Crippen molar-refractivity contribution in [3.63, 3.8) is 0 Å². The van der Waals surface area contributed by atoms with Crippen molar-refractivity contribution in [2.75, 3.05) is 6.54 Å². The maximum atomic E-state index is 12.4. The van der Waals surface area contributed by atoms with Gasteiger partial charge in [0.15, 0.2) is 0 Å². The van der Waals surface area contributed by atoms with E-state index in [4.69, 9.17) is 44.6 Å². The van der Waals surface area contributed by atoms with E-state index in [-0.39, 0.29) is 30.9 Å². The summed E-state index contributed by atoms with van der Waals surface area (Å²) in [5.74, 6) is -0.709. The van der Waals surface area contributed by atoms with Gasteiger partial charge in [0.05, 0.1) is 16.5 Å². The van der Waals surface area contributed by atoms with Crippen LogP contribution in [0, 0.1) is 0 Å². The third kappa shape index (κ3) is 7.63. The van der Waals surface area contributed by atoms with Crippen molar-refractivity contribution in [3.05, 3.63) is 98.5 Å². The first-order valence-corrected chi connectivity index (χ1v) is 12.4. The average molecular weight is 535 g/mol. The molecule has 0 unspecified atom stereocenters. The van der Waals surface area contributed by atoms with Gasteiger partial charge in [0.2, 0.25) is 0 Å². The minimum Gasteiger partial charge on any atom is -0.485 e. The Kier molecular flexibility index (Phi) is 9.84. The number of carboxylic acids is 1. The van der Waals surface area contributed by atoms with E-state index in [0.29, 0.717) is 26.4 Å². The summed E-state index contributed by atoms with van der Waals surface area (Å²) in [5.41, 5.74) is 2.42. The van der Waals surface area contributed by atoms with Gasteiger partial charge in [-0.2, -0.15) is 0 Å². The van der Waals surface area contributed by atoms with Crippen molar-refractivity contribution < 1.29 is 19.4 Å². The summed E-state index contributed by atoms with van der Waals surface area (Å²) in [6.45, 7) is 2.18. The molecule has 0 spiro atoms. The first kappa shape index (κ1) is 26.9. The molecule has 0 aromatic heterocycles. The van der Waals surface area contributed by atoms with Crippen molar-refractivity contribution >= 4 is 46.7 Å². The third-order valence-corrected chi connectivity index (χ3v) is 6.53. The number of nitrogens with one attached hydrogen (secondary N) is 1. The Labute approximate surface area is 220 Å². The number of carbonyl (C=O) groups is 2. The molecule has 0 radical (unpaired) electrons. The molecule has 35 heavy (non-hydrogen) atoms. The summed E-state index contributed by atoms with van der Waals surface area (Å²) in [7, 11) is 0. The van der Waals surface area contributed by atoms with Gasteiger partial charge < -0.3 is 15.2 Å². The molecular weight excluding hydrogens is 509 g/mol. The van der Waals surface area contributed by atoms with Gasteiger partial charge in [-0.1, -0.05) is 72.4 Å². The van der Waals surface area contributed by atoms with Gasteiger partial charge in [0.1, 0.15) is 11.9 Å². The highest BCUT2D eigenvalue weighted by atomic mass is 35.5. The Morgan fingerprint density at radius 3 is 2.17 bits per heavy atom. The summed E-state index contributed by atoms with van der Waals surface area (Å²) in [6, 6.07) is 20.0. The van der Waals surface area contributed by atoms with Gasteiger partial charge in [-0.25, -0.2) is 0 Å². The number of carbonyl (C=O) groups excluding carboxylic acids is 1. The van der Waals surface area contributed by atoms with Crippen LogP contribution in [0.1, 0.15) is 59.7 Å². The molecular formula is C27H26Cl3NO4. The molecule has 8 heteroatoms. The average Bonchev–Trinajstić information content (AvgIpc) is 2.84. The van der Waals surface area contributed by atoms with Crippen LogP contribution in [-0.4, -0.2) is 23.5 Å². The number of aliphatic carboxylic acids is 1. The van der Waals surface area contributed by atoms with Crippen LogP contribution in [0.5, 0.6) is 5.75 Å². The van der Waals surface area contributed by atoms with Crippen LogP contribution in [0.3, 0.4) is 0 Å².